The molecule has 1 aliphatic rings. The van der Waals surface area contributed by atoms with E-state index in [1.165, 1.54) is 11.3 Å². The topological polar surface area (TPSA) is 42.3 Å². The fourth-order valence-electron chi connectivity index (χ4n) is 2.45. The van der Waals surface area contributed by atoms with Crippen LogP contribution in [-0.2, 0) is 17.8 Å². The Bertz CT molecular complexity index is 383. The second-order valence-electron chi connectivity index (χ2n) is 4.86. The Labute approximate surface area is 109 Å². The standard InChI is InChI=1S/C13H24N4O/c1-11-13(10-14-3)12(2)17(15-11)5-4-16-6-8-18-9-7-16/h14H,4-10H2,1-3H3. The van der Waals surface area contributed by atoms with E-state index in [4.69, 9.17) is 4.74 Å². The Balaban J connectivity index is 1.94. The van der Waals surface area contributed by atoms with Crippen LogP contribution in [0.1, 0.15) is 17.0 Å². The Morgan fingerprint density at radius 3 is 2.61 bits per heavy atom. The first-order valence-electron chi connectivity index (χ1n) is 6.70. The molecule has 1 aliphatic heterocycles. The highest BCUT2D eigenvalue weighted by molar-refractivity contribution is 5.24. The summed E-state index contributed by atoms with van der Waals surface area (Å²) in [4.78, 5) is 2.44. The van der Waals surface area contributed by atoms with E-state index in [0.717, 1.165) is 51.6 Å². The van der Waals surface area contributed by atoms with Crippen LogP contribution in [0, 0.1) is 13.8 Å². The Morgan fingerprint density at radius 1 is 1.22 bits per heavy atom. The second kappa shape index (κ2) is 6.31. The summed E-state index contributed by atoms with van der Waals surface area (Å²) in [6, 6.07) is 0. The molecule has 1 aromatic rings. The van der Waals surface area contributed by atoms with Crippen LogP contribution in [0.5, 0.6) is 0 Å². The predicted octanol–water partition coefficient (Wildman–Crippen LogP) is 0.552. The molecular weight excluding hydrogens is 228 g/mol. The zero-order valence-electron chi connectivity index (χ0n) is 11.7. The minimum Gasteiger partial charge on any atom is -0.379 e. The minimum absolute atomic E-state index is 0.863. The van der Waals surface area contributed by atoms with E-state index in [9.17, 15) is 0 Å². The van der Waals surface area contributed by atoms with Gasteiger partial charge in [-0.2, -0.15) is 5.10 Å². The number of aryl methyl sites for hydroxylation is 1. The van der Waals surface area contributed by atoms with E-state index < -0.39 is 0 Å². The van der Waals surface area contributed by atoms with Crippen LogP contribution in [0.2, 0.25) is 0 Å². The number of aromatic nitrogens is 2. The Hall–Kier alpha value is -0.910. The van der Waals surface area contributed by atoms with E-state index in [1.807, 2.05) is 7.05 Å². The maximum Gasteiger partial charge on any atom is 0.0641 e. The molecule has 0 aliphatic carbocycles. The maximum atomic E-state index is 5.36. The first-order valence-corrected chi connectivity index (χ1v) is 6.70. The number of hydrogen-bond acceptors (Lipinski definition) is 4. The molecule has 5 nitrogen and oxygen atoms in total. The molecule has 1 saturated heterocycles. The van der Waals surface area contributed by atoms with Crippen molar-refractivity contribution in [2.45, 2.75) is 26.9 Å². The molecule has 0 radical (unpaired) electrons. The summed E-state index contributed by atoms with van der Waals surface area (Å²) < 4.78 is 7.49. The van der Waals surface area contributed by atoms with Gasteiger partial charge < -0.3 is 10.1 Å². The van der Waals surface area contributed by atoms with Crippen molar-refractivity contribution in [3.05, 3.63) is 17.0 Å². The molecule has 0 atom stereocenters. The Kier molecular flexibility index (Phi) is 4.74. The highest BCUT2D eigenvalue weighted by Gasteiger charge is 2.13. The van der Waals surface area contributed by atoms with Crippen LogP contribution in [0.3, 0.4) is 0 Å². The van der Waals surface area contributed by atoms with Gasteiger partial charge >= 0.3 is 0 Å². The highest BCUT2D eigenvalue weighted by Crippen LogP contribution is 2.12. The van der Waals surface area contributed by atoms with Gasteiger partial charge in [-0.3, -0.25) is 9.58 Å². The lowest BCUT2D eigenvalue weighted by Gasteiger charge is -2.26. The fraction of sp³-hybridized carbons (Fsp3) is 0.769. The largest absolute Gasteiger partial charge is 0.379 e. The highest BCUT2D eigenvalue weighted by atomic mass is 16.5. The molecule has 1 N–H and O–H groups in total. The lowest BCUT2D eigenvalue weighted by molar-refractivity contribution is 0.0359. The van der Waals surface area contributed by atoms with E-state index in [0.29, 0.717) is 0 Å². The first kappa shape index (κ1) is 13.5. The lowest BCUT2D eigenvalue weighted by Crippen LogP contribution is -2.38. The molecule has 0 aromatic carbocycles. The van der Waals surface area contributed by atoms with Crippen LogP contribution in [0.25, 0.3) is 0 Å². The van der Waals surface area contributed by atoms with E-state index in [-0.39, 0.29) is 0 Å². The summed E-state index contributed by atoms with van der Waals surface area (Å²) >= 11 is 0. The molecule has 0 unspecified atom stereocenters. The maximum absolute atomic E-state index is 5.36. The monoisotopic (exact) mass is 252 g/mol. The summed E-state index contributed by atoms with van der Waals surface area (Å²) in [5, 5.41) is 7.84. The van der Waals surface area contributed by atoms with Crippen LogP contribution in [0.15, 0.2) is 0 Å². The Morgan fingerprint density at radius 2 is 1.94 bits per heavy atom. The van der Waals surface area contributed by atoms with Crippen LogP contribution in [-0.4, -0.2) is 54.6 Å². The molecule has 0 amide bonds. The van der Waals surface area contributed by atoms with Crippen molar-refractivity contribution >= 4 is 0 Å². The SMILES string of the molecule is CNCc1c(C)nn(CCN2CCOCC2)c1C. The van der Waals surface area contributed by atoms with Crippen molar-refractivity contribution in [1.29, 1.82) is 0 Å². The van der Waals surface area contributed by atoms with Crippen LogP contribution < -0.4 is 5.32 Å². The number of nitrogens with one attached hydrogen (secondary N) is 1. The molecule has 0 saturated carbocycles. The number of hydrogen-bond donors (Lipinski definition) is 1. The summed E-state index contributed by atoms with van der Waals surface area (Å²) in [5.41, 5.74) is 3.76. The molecular formula is C13H24N4O. The van der Waals surface area contributed by atoms with Crippen molar-refractivity contribution in [3.8, 4) is 0 Å². The van der Waals surface area contributed by atoms with Crippen molar-refractivity contribution < 1.29 is 4.74 Å². The van der Waals surface area contributed by atoms with Gasteiger partial charge in [-0.1, -0.05) is 0 Å². The number of nitrogens with zero attached hydrogens (tertiary/aromatic N) is 3. The van der Waals surface area contributed by atoms with E-state index >= 15 is 0 Å². The molecule has 1 aromatic heterocycles. The quantitative estimate of drug-likeness (QED) is 0.831. The van der Waals surface area contributed by atoms with Crippen molar-refractivity contribution in [1.82, 2.24) is 20.0 Å². The van der Waals surface area contributed by atoms with E-state index in [2.05, 4.69) is 33.8 Å². The minimum atomic E-state index is 0.863. The number of rotatable bonds is 5. The summed E-state index contributed by atoms with van der Waals surface area (Å²) in [5.74, 6) is 0. The number of ether oxygens (including phenoxy) is 1. The van der Waals surface area contributed by atoms with Gasteiger partial charge in [0.1, 0.15) is 0 Å². The summed E-state index contributed by atoms with van der Waals surface area (Å²) in [6.45, 7) is 11.0. The first-order chi connectivity index (χ1) is 8.72. The fourth-order valence-corrected chi connectivity index (χ4v) is 2.45. The molecule has 102 valence electrons. The average Bonchev–Trinajstić information content (AvgIpc) is 2.66. The molecule has 0 spiro atoms. The molecule has 18 heavy (non-hydrogen) atoms. The zero-order valence-corrected chi connectivity index (χ0v) is 11.7. The second-order valence-corrected chi connectivity index (χ2v) is 4.86. The molecule has 1 fully saturated rings. The van der Waals surface area contributed by atoms with Gasteiger partial charge in [-0.25, -0.2) is 0 Å². The normalized spacial score (nSPS) is 17.3. The molecule has 5 heteroatoms. The van der Waals surface area contributed by atoms with Crippen LogP contribution >= 0.6 is 0 Å². The van der Waals surface area contributed by atoms with Gasteiger partial charge in [0, 0.05) is 37.4 Å². The van der Waals surface area contributed by atoms with Gasteiger partial charge in [-0.15, -0.1) is 0 Å². The van der Waals surface area contributed by atoms with Gasteiger partial charge in [0.05, 0.1) is 25.5 Å². The van der Waals surface area contributed by atoms with Crippen LogP contribution in [0.4, 0.5) is 0 Å². The van der Waals surface area contributed by atoms with Gasteiger partial charge in [0.2, 0.25) is 0 Å². The third-order valence-electron chi connectivity index (χ3n) is 3.62. The lowest BCUT2D eigenvalue weighted by atomic mass is 10.2. The number of morpholine rings is 1. The average molecular weight is 252 g/mol. The third kappa shape index (κ3) is 3.10. The predicted molar refractivity (Wildman–Crippen MR) is 71.7 cm³/mol. The van der Waals surface area contributed by atoms with Gasteiger partial charge in [-0.05, 0) is 20.9 Å². The molecule has 2 rings (SSSR count). The smallest absolute Gasteiger partial charge is 0.0641 e. The molecule has 0 bridgehead atoms. The van der Waals surface area contributed by atoms with Crippen molar-refractivity contribution in [3.63, 3.8) is 0 Å². The van der Waals surface area contributed by atoms with Crippen molar-refractivity contribution in [2.75, 3.05) is 39.9 Å². The molecule has 2 heterocycles. The van der Waals surface area contributed by atoms with Gasteiger partial charge in [0.15, 0.2) is 0 Å². The van der Waals surface area contributed by atoms with E-state index in [1.54, 1.807) is 0 Å². The summed E-state index contributed by atoms with van der Waals surface area (Å²) in [6.07, 6.45) is 0. The van der Waals surface area contributed by atoms with Crippen molar-refractivity contribution in [2.24, 2.45) is 0 Å². The third-order valence-corrected chi connectivity index (χ3v) is 3.62. The van der Waals surface area contributed by atoms with Gasteiger partial charge in [0.25, 0.3) is 0 Å². The zero-order chi connectivity index (χ0) is 13.0. The summed E-state index contributed by atoms with van der Waals surface area (Å²) in [7, 11) is 1.98.